The maximum Gasteiger partial charge on any atom is 0.324 e. The maximum atomic E-state index is 12.6. The van der Waals surface area contributed by atoms with E-state index in [0.29, 0.717) is 30.9 Å². The van der Waals surface area contributed by atoms with E-state index >= 15 is 0 Å². The Balaban J connectivity index is 1.74. The number of likely N-dealkylation sites (tertiary alicyclic amines) is 2. The van der Waals surface area contributed by atoms with Gasteiger partial charge in [-0.05, 0) is 25.3 Å². The van der Waals surface area contributed by atoms with Crippen LogP contribution in [0.3, 0.4) is 0 Å². The zero-order valence-electron chi connectivity index (χ0n) is 12.5. The second-order valence-electron chi connectivity index (χ2n) is 5.88. The van der Waals surface area contributed by atoms with Gasteiger partial charge in [0, 0.05) is 31.7 Å². The monoisotopic (exact) mass is 338 g/mol. The van der Waals surface area contributed by atoms with E-state index in [1.165, 1.54) is 12.1 Å². The highest BCUT2D eigenvalue weighted by atomic mass is 32.1. The highest BCUT2D eigenvalue weighted by Gasteiger charge is 2.39. The Labute approximate surface area is 137 Å². The average molecular weight is 338 g/mol. The molecule has 2 amide bonds. The molecule has 1 unspecified atom stereocenters. The fourth-order valence-corrected chi connectivity index (χ4v) is 3.92. The molecule has 3 heterocycles. The van der Waals surface area contributed by atoms with Crippen molar-refractivity contribution in [3.05, 3.63) is 27.1 Å². The van der Waals surface area contributed by atoms with E-state index in [1.807, 2.05) is 0 Å². The van der Waals surface area contributed by atoms with Crippen molar-refractivity contribution >= 4 is 28.2 Å². The zero-order valence-corrected chi connectivity index (χ0v) is 13.3. The minimum atomic E-state index is -0.514. The lowest BCUT2D eigenvalue weighted by Gasteiger charge is -2.27. The maximum absolute atomic E-state index is 12.6. The molecular weight excluding hydrogens is 320 g/mol. The van der Waals surface area contributed by atoms with Crippen LogP contribution >= 0.6 is 11.3 Å². The first kappa shape index (κ1) is 15.9. The number of carbonyl (C=O) groups is 2. The molecule has 2 N–H and O–H groups in total. The first-order valence-electron chi connectivity index (χ1n) is 7.57. The molecule has 2 atom stereocenters. The van der Waals surface area contributed by atoms with Gasteiger partial charge >= 0.3 is 5.00 Å². The summed E-state index contributed by atoms with van der Waals surface area (Å²) < 4.78 is 0. The number of nitrogens with zero attached hydrogens (tertiary/aromatic N) is 3. The van der Waals surface area contributed by atoms with E-state index in [9.17, 15) is 19.7 Å². The molecule has 0 radical (unpaired) electrons. The third-order valence-electron chi connectivity index (χ3n) is 4.32. The van der Waals surface area contributed by atoms with E-state index in [0.717, 1.165) is 24.2 Å². The van der Waals surface area contributed by atoms with E-state index in [2.05, 4.69) is 0 Å². The number of amides is 2. The summed E-state index contributed by atoms with van der Waals surface area (Å²) in [4.78, 5) is 39.0. The van der Waals surface area contributed by atoms with Crippen LogP contribution in [0.25, 0.3) is 0 Å². The SMILES string of the molecule is N[C@@H]1CCN(C(=O)C2CCCN2C(=O)c2ccc([N+](=O)[O-])s2)C1. The first-order chi connectivity index (χ1) is 11.0. The van der Waals surface area contributed by atoms with Crippen molar-refractivity contribution < 1.29 is 14.5 Å². The van der Waals surface area contributed by atoms with Gasteiger partial charge < -0.3 is 15.5 Å². The van der Waals surface area contributed by atoms with Gasteiger partial charge in [0.15, 0.2) is 0 Å². The molecule has 9 heteroatoms. The van der Waals surface area contributed by atoms with E-state index in [-0.39, 0.29) is 22.9 Å². The van der Waals surface area contributed by atoms with Crippen LogP contribution in [0.4, 0.5) is 5.00 Å². The molecular formula is C14H18N4O4S. The summed E-state index contributed by atoms with van der Waals surface area (Å²) in [5, 5.41) is 10.7. The highest BCUT2D eigenvalue weighted by molar-refractivity contribution is 7.17. The van der Waals surface area contributed by atoms with Gasteiger partial charge in [0.1, 0.15) is 6.04 Å². The lowest BCUT2D eigenvalue weighted by atomic mass is 10.2. The number of rotatable bonds is 3. The van der Waals surface area contributed by atoms with Crippen LogP contribution in [-0.2, 0) is 4.79 Å². The standard InChI is InChI=1S/C14H18N4O4S/c15-9-5-7-16(8-9)13(19)10-2-1-6-17(10)14(20)11-3-4-12(23-11)18(21)22/h3-4,9-10H,1-2,5-8,15H2/t9-,10?/m1/s1. The Hall–Kier alpha value is -2.00. The van der Waals surface area contributed by atoms with Crippen LogP contribution < -0.4 is 5.73 Å². The van der Waals surface area contributed by atoms with Crippen molar-refractivity contribution in [2.24, 2.45) is 5.73 Å². The molecule has 2 fully saturated rings. The second-order valence-corrected chi connectivity index (χ2v) is 6.95. The van der Waals surface area contributed by atoms with Crippen LogP contribution in [0.1, 0.15) is 28.9 Å². The van der Waals surface area contributed by atoms with Gasteiger partial charge in [-0.15, -0.1) is 0 Å². The van der Waals surface area contributed by atoms with Crippen molar-refractivity contribution in [1.82, 2.24) is 9.80 Å². The molecule has 2 saturated heterocycles. The molecule has 0 bridgehead atoms. The average Bonchev–Trinajstić information content (AvgIpc) is 3.25. The molecule has 0 aliphatic carbocycles. The van der Waals surface area contributed by atoms with Crippen molar-refractivity contribution in [2.75, 3.05) is 19.6 Å². The number of nitrogens with two attached hydrogens (primary N) is 1. The highest BCUT2D eigenvalue weighted by Crippen LogP contribution is 2.29. The number of hydrogen-bond acceptors (Lipinski definition) is 6. The topological polar surface area (TPSA) is 110 Å². The molecule has 23 heavy (non-hydrogen) atoms. The van der Waals surface area contributed by atoms with Crippen LogP contribution in [-0.4, -0.2) is 58.3 Å². The smallest absolute Gasteiger partial charge is 0.324 e. The summed E-state index contributed by atoms with van der Waals surface area (Å²) in [5.74, 6) is -0.364. The third kappa shape index (κ3) is 3.06. The zero-order chi connectivity index (χ0) is 16.6. The van der Waals surface area contributed by atoms with Crippen LogP contribution in [0.2, 0.25) is 0 Å². The van der Waals surface area contributed by atoms with Gasteiger partial charge in [-0.3, -0.25) is 19.7 Å². The summed E-state index contributed by atoms with van der Waals surface area (Å²) in [6, 6.07) is 2.31. The van der Waals surface area contributed by atoms with Crippen molar-refractivity contribution in [1.29, 1.82) is 0 Å². The molecule has 1 aromatic rings. The molecule has 0 spiro atoms. The molecule has 2 aliphatic rings. The van der Waals surface area contributed by atoms with Gasteiger partial charge in [-0.1, -0.05) is 11.3 Å². The normalized spacial score (nSPS) is 24.2. The van der Waals surface area contributed by atoms with Crippen molar-refractivity contribution in [3.63, 3.8) is 0 Å². The molecule has 0 aromatic carbocycles. The predicted octanol–water partition coefficient (Wildman–Crippen LogP) is 0.821. The number of carbonyl (C=O) groups excluding carboxylic acids is 2. The fraction of sp³-hybridized carbons (Fsp3) is 0.571. The van der Waals surface area contributed by atoms with Crippen molar-refractivity contribution in [3.8, 4) is 0 Å². The molecule has 1 aromatic heterocycles. The largest absolute Gasteiger partial charge is 0.339 e. The first-order valence-corrected chi connectivity index (χ1v) is 8.38. The predicted molar refractivity (Wildman–Crippen MR) is 84.2 cm³/mol. The summed E-state index contributed by atoms with van der Waals surface area (Å²) >= 11 is 0.847. The fourth-order valence-electron chi connectivity index (χ4n) is 3.15. The molecule has 2 aliphatic heterocycles. The number of nitro groups is 1. The lowest BCUT2D eigenvalue weighted by Crippen LogP contribution is -2.47. The minimum absolute atomic E-state index is 0.00412. The van der Waals surface area contributed by atoms with Crippen LogP contribution in [0.5, 0.6) is 0 Å². The van der Waals surface area contributed by atoms with E-state index < -0.39 is 11.0 Å². The summed E-state index contributed by atoms with van der Waals surface area (Å²) in [6.07, 6.45) is 2.17. The van der Waals surface area contributed by atoms with Gasteiger partial charge in [0.05, 0.1) is 9.80 Å². The van der Waals surface area contributed by atoms with E-state index in [4.69, 9.17) is 5.73 Å². The van der Waals surface area contributed by atoms with Gasteiger partial charge in [-0.25, -0.2) is 0 Å². The summed E-state index contributed by atoms with van der Waals surface area (Å²) in [5.41, 5.74) is 5.84. The van der Waals surface area contributed by atoms with Crippen molar-refractivity contribution in [2.45, 2.75) is 31.3 Å². The number of thiophene rings is 1. The Morgan fingerprint density at radius 2 is 2.09 bits per heavy atom. The van der Waals surface area contributed by atoms with Gasteiger partial charge in [0.25, 0.3) is 5.91 Å². The quantitative estimate of drug-likeness (QED) is 0.648. The second kappa shape index (κ2) is 6.25. The Morgan fingerprint density at radius 3 is 2.70 bits per heavy atom. The van der Waals surface area contributed by atoms with Crippen LogP contribution in [0.15, 0.2) is 12.1 Å². The Kier molecular flexibility index (Phi) is 4.31. The Morgan fingerprint density at radius 1 is 1.30 bits per heavy atom. The lowest BCUT2D eigenvalue weighted by molar-refractivity contribution is -0.380. The molecule has 124 valence electrons. The van der Waals surface area contributed by atoms with Crippen LogP contribution in [0, 0.1) is 10.1 Å². The van der Waals surface area contributed by atoms with E-state index in [1.54, 1.807) is 9.80 Å². The Bertz CT molecular complexity index is 646. The summed E-state index contributed by atoms with van der Waals surface area (Å²) in [7, 11) is 0. The molecule has 8 nitrogen and oxygen atoms in total. The van der Waals surface area contributed by atoms with Gasteiger partial charge in [-0.2, -0.15) is 0 Å². The summed E-state index contributed by atoms with van der Waals surface area (Å²) in [6.45, 7) is 1.66. The third-order valence-corrected chi connectivity index (χ3v) is 5.34. The minimum Gasteiger partial charge on any atom is -0.339 e. The van der Waals surface area contributed by atoms with Gasteiger partial charge in [0.2, 0.25) is 5.91 Å². The molecule has 3 rings (SSSR count). The number of hydrogen-bond donors (Lipinski definition) is 1. The molecule has 0 saturated carbocycles.